The molecule has 0 bridgehead atoms. The van der Waals surface area contributed by atoms with Gasteiger partial charge in [-0.3, -0.25) is 4.79 Å². The first kappa shape index (κ1) is 15.7. The third-order valence-electron chi connectivity index (χ3n) is 3.76. The van der Waals surface area contributed by atoms with E-state index in [1.165, 1.54) is 4.80 Å². The van der Waals surface area contributed by atoms with E-state index in [4.69, 9.17) is 4.74 Å². The fourth-order valence-corrected chi connectivity index (χ4v) is 2.51. The molecule has 2 aromatic heterocycles. The number of hydrogen-bond donors (Lipinski definition) is 1. The van der Waals surface area contributed by atoms with Crippen LogP contribution in [0, 0.1) is 0 Å². The largest absolute Gasteiger partial charge is 0.494 e. The predicted molar refractivity (Wildman–Crippen MR) is 95.4 cm³/mol. The molecule has 128 valence electrons. The van der Waals surface area contributed by atoms with Crippen molar-refractivity contribution in [2.75, 3.05) is 12.4 Å². The summed E-state index contributed by atoms with van der Waals surface area (Å²) in [5.41, 5.74) is 1.38. The lowest BCUT2D eigenvalue weighted by molar-refractivity contribution is 0.101. The standard InChI is InChI=1S/C18H14N6O2/c1-26-15-9-5-4-8-14(15)24-22-17(21-23-24)18(25)20-16-11-10-12-6-2-3-7-13(12)19-16/h2-11H,1H3,(H,19,20,25). The number of methoxy groups -OCH3 is 1. The first-order chi connectivity index (χ1) is 12.7. The first-order valence-electron chi connectivity index (χ1n) is 7.85. The van der Waals surface area contributed by atoms with Gasteiger partial charge in [0.15, 0.2) is 0 Å². The number of anilines is 1. The molecule has 2 heterocycles. The highest BCUT2D eigenvalue weighted by molar-refractivity contribution is 6.01. The number of pyridine rings is 1. The lowest BCUT2D eigenvalue weighted by atomic mass is 10.2. The number of carbonyl (C=O) groups is 1. The molecule has 1 N–H and O–H groups in total. The van der Waals surface area contributed by atoms with Crippen molar-refractivity contribution >= 4 is 22.6 Å². The second kappa shape index (κ2) is 6.60. The summed E-state index contributed by atoms with van der Waals surface area (Å²) in [4.78, 5) is 18.0. The fraction of sp³-hybridized carbons (Fsp3) is 0.0556. The molecule has 0 saturated heterocycles. The van der Waals surface area contributed by atoms with Crippen LogP contribution in [-0.4, -0.2) is 38.2 Å². The smallest absolute Gasteiger partial charge is 0.298 e. The van der Waals surface area contributed by atoms with Gasteiger partial charge in [-0.25, -0.2) is 4.98 Å². The van der Waals surface area contributed by atoms with Crippen LogP contribution in [0.5, 0.6) is 5.75 Å². The molecule has 8 nitrogen and oxygen atoms in total. The highest BCUT2D eigenvalue weighted by Gasteiger charge is 2.16. The third-order valence-corrected chi connectivity index (χ3v) is 3.76. The third kappa shape index (κ3) is 2.95. The van der Waals surface area contributed by atoms with Crippen LogP contribution in [-0.2, 0) is 0 Å². The lowest BCUT2D eigenvalue weighted by Gasteiger charge is -2.05. The van der Waals surface area contributed by atoms with Gasteiger partial charge in [-0.15, -0.1) is 15.0 Å². The van der Waals surface area contributed by atoms with Crippen LogP contribution in [0.15, 0.2) is 60.7 Å². The van der Waals surface area contributed by atoms with Crippen molar-refractivity contribution in [3.05, 3.63) is 66.5 Å². The number of carbonyl (C=O) groups excluding carboxylic acids is 1. The molecule has 0 atom stereocenters. The van der Waals surface area contributed by atoms with Crippen LogP contribution < -0.4 is 10.1 Å². The van der Waals surface area contributed by atoms with Crippen molar-refractivity contribution in [2.45, 2.75) is 0 Å². The number of ether oxygens (including phenoxy) is 1. The average molecular weight is 346 g/mol. The fourth-order valence-electron chi connectivity index (χ4n) is 2.51. The summed E-state index contributed by atoms with van der Waals surface area (Å²) in [5.74, 6) is 0.440. The SMILES string of the molecule is COc1ccccc1-n1nnc(C(=O)Nc2ccc3ccccc3n2)n1. The minimum absolute atomic E-state index is 0.0640. The second-order valence-corrected chi connectivity index (χ2v) is 5.42. The number of nitrogens with one attached hydrogen (secondary N) is 1. The van der Waals surface area contributed by atoms with Gasteiger partial charge in [0.25, 0.3) is 11.7 Å². The highest BCUT2D eigenvalue weighted by Crippen LogP contribution is 2.20. The summed E-state index contributed by atoms with van der Waals surface area (Å²) in [5, 5.41) is 15.5. The summed E-state index contributed by atoms with van der Waals surface area (Å²) in [6.07, 6.45) is 0. The predicted octanol–water partition coefficient (Wildman–Crippen LogP) is 2.47. The van der Waals surface area contributed by atoms with Crippen LogP contribution in [0.25, 0.3) is 16.6 Å². The molecule has 0 aliphatic carbocycles. The number of amides is 1. The van der Waals surface area contributed by atoms with E-state index in [0.29, 0.717) is 17.3 Å². The highest BCUT2D eigenvalue weighted by atomic mass is 16.5. The number of hydrogen-bond acceptors (Lipinski definition) is 6. The Bertz CT molecular complexity index is 1090. The number of tetrazole rings is 1. The molecule has 0 radical (unpaired) electrons. The Balaban J connectivity index is 1.58. The van der Waals surface area contributed by atoms with Crippen LogP contribution in [0.1, 0.15) is 10.6 Å². The Morgan fingerprint density at radius 2 is 1.85 bits per heavy atom. The van der Waals surface area contributed by atoms with Gasteiger partial charge >= 0.3 is 0 Å². The van der Waals surface area contributed by atoms with Crippen molar-refractivity contribution in [2.24, 2.45) is 0 Å². The maximum atomic E-state index is 12.4. The Morgan fingerprint density at radius 3 is 2.73 bits per heavy atom. The van der Waals surface area contributed by atoms with E-state index >= 15 is 0 Å². The van der Waals surface area contributed by atoms with Crippen LogP contribution >= 0.6 is 0 Å². The molecular formula is C18H14N6O2. The topological polar surface area (TPSA) is 94.8 Å². The van der Waals surface area contributed by atoms with Gasteiger partial charge in [0, 0.05) is 5.39 Å². The lowest BCUT2D eigenvalue weighted by Crippen LogP contribution is -2.15. The summed E-state index contributed by atoms with van der Waals surface area (Å²) in [6, 6.07) is 18.5. The van der Waals surface area contributed by atoms with E-state index < -0.39 is 5.91 Å². The van der Waals surface area contributed by atoms with Crippen molar-refractivity contribution in [3.8, 4) is 11.4 Å². The second-order valence-electron chi connectivity index (χ2n) is 5.42. The zero-order valence-electron chi connectivity index (χ0n) is 13.8. The van der Waals surface area contributed by atoms with Crippen molar-refractivity contribution < 1.29 is 9.53 Å². The molecule has 4 aromatic rings. The van der Waals surface area contributed by atoms with Gasteiger partial charge in [0.1, 0.15) is 17.3 Å². The Morgan fingerprint density at radius 1 is 1.04 bits per heavy atom. The van der Waals surface area contributed by atoms with Gasteiger partial charge in [-0.2, -0.15) is 0 Å². The molecule has 0 aliphatic heterocycles. The minimum Gasteiger partial charge on any atom is -0.494 e. The molecule has 26 heavy (non-hydrogen) atoms. The van der Waals surface area contributed by atoms with E-state index in [9.17, 15) is 4.79 Å². The van der Waals surface area contributed by atoms with Crippen molar-refractivity contribution in [1.29, 1.82) is 0 Å². The summed E-state index contributed by atoms with van der Waals surface area (Å²) in [7, 11) is 1.55. The zero-order valence-corrected chi connectivity index (χ0v) is 13.8. The molecular weight excluding hydrogens is 332 g/mol. The van der Waals surface area contributed by atoms with E-state index in [2.05, 4.69) is 25.7 Å². The van der Waals surface area contributed by atoms with Crippen LogP contribution in [0.2, 0.25) is 0 Å². The van der Waals surface area contributed by atoms with Gasteiger partial charge < -0.3 is 10.1 Å². The summed E-state index contributed by atoms with van der Waals surface area (Å²) >= 11 is 0. The number of nitrogens with zero attached hydrogens (tertiary/aromatic N) is 5. The minimum atomic E-state index is -0.492. The number of para-hydroxylation sites is 3. The Kier molecular flexibility index (Phi) is 3.98. The van der Waals surface area contributed by atoms with Crippen molar-refractivity contribution in [1.82, 2.24) is 25.2 Å². The number of aromatic nitrogens is 5. The number of rotatable bonds is 4. The quantitative estimate of drug-likeness (QED) is 0.610. The van der Waals surface area contributed by atoms with E-state index in [-0.39, 0.29) is 5.82 Å². The normalized spacial score (nSPS) is 10.7. The zero-order chi connectivity index (χ0) is 17.9. The van der Waals surface area contributed by atoms with Crippen molar-refractivity contribution in [3.63, 3.8) is 0 Å². The number of benzene rings is 2. The average Bonchev–Trinajstić information content (AvgIpc) is 3.18. The summed E-state index contributed by atoms with van der Waals surface area (Å²) < 4.78 is 5.27. The van der Waals surface area contributed by atoms with Crippen LogP contribution in [0.4, 0.5) is 5.82 Å². The molecule has 0 aliphatic rings. The molecule has 1 amide bonds. The monoisotopic (exact) mass is 346 g/mol. The molecule has 0 unspecified atom stereocenters. The molecule has 0 fully saturated rings. The van der Waals surface area contributed by atoms with E-state index in [0.717, 1.165) is 10.9 Å². The Hall–Kier alpha value is -3.81. The Labute approximate surface area is 148 Å². The first-order valence-corrected chi connectivity index (χ1v) is 7.85. The van der Waals surface area contributed by atoms with Crippen LogP contribution in [0.3, 0.4) is 0 Å². The van der Waals surface area contributed by atoms with Gasteiger partial charge in [-0.05, 0) is 35.5 Å². The molecule has 4 rings (SSSR count). The van der Waals surface area contributed by atoms with Gasteiger partial charge in [-0.1, -0.05) is 30.3 Å². The molecule has 8 heteroatoms. The summed E-state index contributed by atoms with van der Waals surface area (Å²) in [6.45, 7) is 0. The van der Waals surface area contributed by atoms with Gasteiger partial charge in [0.05, 0.1) is 12.6 Å². The molecule has 0 spiro atoms. The maximum absolute atomic E-state index is 12.4. The number of fused-ring (bicyclic) bond motifs is 1. The molecule has 2 aromatic carbocycles. The van der Waals surface area contributed by atoms with E-state index in [1.54, 1.807) is 25.3 Å². The van der Waals surface area contributed by atoms with Gasteiger partial charge in [0.2, 0.25) is 0 Å². The molecule has 0 saturated carbocycles. The van der Waals surface area contributed by atoms with E-state index in [1.807, 2.05) is 42.5 Å². The maximum Gasteiger partial charge on any atom is 0.298 e.